The molecule has 2 aromatic rings. The van der Waals surface area contributed by atoms with Crippen LogP contribution in [0.1, 0.15) is 25.7 Å². The molecule has 0 bridgehead atoms. The molecule has 1 atom stereocenters. The molecule has 1 saturated carbocycles. The van der Waals surface area contributed by atoms with Crippen LogP contribution in [-0.4, -0.2) is 42.5 Å². The molecule has 0 saturated heterocycles. The number of carbonyl (C=O) groups is 1. The molecule has 1 aliphatic carbocycles. The average Bonchev–Trinajstić information content (AvgIpc) is 2.74. The number of ether oxygens (including phenoxy) is 2. The van der Waals surface area contributed by atoms with Gasteiger partial charge in [-0.05, 0) is 96.8 Å². The Labute approximate surface area is 195 Å². The summed E-state index contributed by atoms with van der Waals surface area (Å²) < 4.78 is 12.2. The minimum Gasteiger partial charge on any atom is -0.489 e. The summed E-state index contributed by atoms with van der Waals surface area (Å²) >= 11 is 8.07. The van der Waals surface area contributed by atoms with E-state index in [0.717, 1.165) is 29.3 Å². The number of rotatable bonds is 9. The Morgan fingerprint density at radius 1 is 1.00 bits per heavy atom. The van der Waals surface area contributed by atoms with Crippen LogP contribution >= 0.6 is 34.2 Å². The number of amides is 1. The van der Waals surface area contributed by atoms with E-state index in [1.807, 2.05) is 24.3 Å². The first kappa shape index (κ1) is 23.1. The predicted molar refractivity (Wildman–Crippen MR) is 125 cm³/mol. The van der Waals surface area contributed by atoms with E-state index in [-0.39, 0.29) is 31.2 Å². The average molecular weight is 545 g/mol. The molecule has 2 aromatic carbocycles. The Hall–Kier alpha value is -1.55. The number of aliphatic hydroxyl groups is 1. The lowest BCUT2D eigenvalue weighted by atomic mass is 9.91. The van der Waals surface area contributed by atoms with Crippen LogP contribution in [0, 0.1) is 3.57 Å². The molecule has 162 valence electrons. The molecule has 1 fully saturated rings. The van der Waals surface area contributed by atoms with Gasteiger partial charge in [0, 0.05) is 20.7 Å². The summed E-state index contributed by atoms with van der Waals surface area (Å²) in [5.41, 5.74) is 0. The Bertz CT molecular complexity index is 796. The summed E-state index contributed by atoms with van der Waals surface area (Å²) in [6.45, 7) is 0.174. The molecule has 0 heterocycles. The van der Waals surface area contributed by atoms with Crippen molar-refractivity contribution in [1.82, 2.24) is 10.6 Å². The summed E-state index contributed by atoms with van der Waals surface area (Å²) in [5, 5.41) is 17.0. The highest BCUT2D eigenvalue weighted by molar-refractivity contribution is 14.1. The third-order valence-electron chi connectivity index (χ3n) is 4.93. The molecule has 30 heavy (non-hydrogen) atoms. The number of nitrogens with one attached hydrogen (secondary N) is 2. The van der Waals surface area contributed by atoms with Crippen molar-refractivity contribution in [2.45, 2.75) is 44.0 Å². The summed E-state index contributed by atoms with van der Waals surface area (Å²) in [6.07, 6.45) is 2.72. The van der Waals surface area contributed by atoms with Crippen molar-refractivity contribution < 1.29 is 19.4 Å². The van der Waals surface area contributed by atoms with Crippen molar-refractivity contribution in [3.05, 3.63) is 57.1 Å². The van der Waals surface area contributed by atoms with E-state index >= 15 is 0 Å². The first-order chi connectivity index (χ1) is 14.5. The normalized spacial score (nSPS) is 19.7. The van der Waals surface area contributed by atoms with Gasteiger partial charge in [0.1, 0.15) is 24.3 Å². The second-order valence-electron chi connectivity index (χ2n) is 7.31. The second kappa shape index (κ2) is 11.7. The molecule has 8 heteroatoms. The first-order valence-electron chi connectivity index (χ1n) is 9.98. The highest BCUT2D eigenvalue weighted by atomic mass is 127. The van der Waals surface area contributed by atoms with E-state index < -0.39 is 6.23 Å². The van der Waals surface area contributed by atoms with Crippen LogP contribution in [0.15, 0.2) is 48.5 Å². The summed E-state index contributed by atoms with van der Waals surface area (Å²) in [5.74, 6) is 1.24. The quantitative estimate of drug-likeness (QED) is 0.331. The number of carbonyl (C=O) groups excluding carboxylic acids is 1. The molecule has 1 aliphatic rings. The Morgan fingerprint density at radius 2 is 1.57 bits per heavy atom. The van der Waals surface area contributed by atoms with Gasteiger partial charge in [-0.15, -0.1) is 0 Å². The van der Waals surface area contributed by atoms with Gasteiger partial charge < -0.3 is 19.9 Å². The molecule has 0 aliphatic heterocycles. The van der Waals surface area contributed by atoms with Crippen LogP contribution in [0.25, 0.3) is 0 Å². The van der Waals surface area contributed by atoms with Crippen LogP contribution in [-0.2, 0) is 4.79 Å². The van der Waals surface area contributed by atoms with E-state index in [1.54, 1.807) is 24.3 Å². The van der Waals surface area contributed by atoms with Crippen molar-refractivity contribution >= 4 is 40.1 Å². The molecule has 1 amide bonds. The van der Waals surface area contributed by atoms with Gasteiger partial charge in [-0.3, -0.25) is 10.1 Å². The van der Waals surface area contributed by atoms with E-state index in [1.165, 1.54) is 0 Å². The number of halogens is 2. The molecule has 0 spiro atoms. The summed E-state index contributed by atoms with van der Waals surface area (Å²) in [4.78, 5) is 12.1. The van der Waals surface area contributed by atoms with E-state index in [2.05, 4.69) is 33.2 Å². The molecule has 6 nitrogen and oxygen atoms in total. The predicted octanol–water partition coefficient (Wildman–Crippen LogP) is 3.74. The fraction of sp³-hybridized carbons (Fsp3) is 0.409. The lowest BCUT2D eigenvalue weighted by molar-refractivity contribution is -0.124. The SMILES string of the molecule is O=C(COc1ccc(I)cc1)NC1CCC(NC(O)COc2ccc(Cl)cc2)CC1. The van der Waals surface area contributed by atoms with Gasteiger partial charge in [0.15, 0.2) is 6.61 Å². The van der Waals surface area contributed by atoms with E-state index in [4.69, 9.17) is 21.1 Å². The Kier molecular flexibility index (Phi) is 9.05. The third-order valence-corrected chi connectivity index (χ3v) is 5.90. The fourth-order valence-electron chi connectivity index (χ4n) is 3.38. The van der Waals surface area contributed by atoms with Crippen molar-refractivity contribution in [2.75, 3.05) is 13.2 Å². The first-order valence-corrected chi connectivity index (χ1v) is 11.4. The van der Waals surface area contributed by atoms with Gasteiger partial charge in [-0.25, -0.2) is 0 Å². The maximum atomic E-state index is 12.1. The van der Waals surface area contributed by atoms with Gasteiger partial charge in [-0.1, -0.05) is 11.6 Å². The minimum atomic E-state index is -0.751. The number of benzene rings is 2. The van der Waals surface area contributed by atoms with Gasteiger partial charge in [-0.2, -0.15) is 0 Å². The minimum absolute atomic E-state index is 0.0134. The van der Waals surface area contributed by atoms with Gasteiger partial charge in [0.2, 0.25) is 0 Å². The molecular weight excluding hydrogens is 519 g/mol. The third kappa shape index (κ3) is 7.94. The fourth-order valence-corrected chi connectivity index (χ4v) is 3.87. The summed E-state index contributed by atoms with van der Waals surface area (Å²) in [6, 6.07) is 15.0. The van der Waals surface area contributed by atoms with Gasteiger partial charge in [0.25, 0.3) is 5.91 Å². The van der Waals surface area contributed by atoms with Crippen molar-refractivity contribution in [1.29, 1.82) is 0 Å². The van der Waals surface area contributed by atoms with Crippen molar-refractivity contribution in [3.63, 3.8) is 0 Å². The highest BCUT2D eigenvalue weighted by Crippen LogP contribution is 2.20. The van der Waals surface area contributed by atoms with Crippen LogP contribution < -0.4 is 20.1 Å². The zero-order chi connectivity index (χ0) is 21.3. The molecule has 0 aromatic heterocycles. The van der Waals surface area contributed by atoms with Crippen LogP contribution in [0.2, 0.25) is 5.02 Å². The zero-order valence-electron chi connectivity index (χ0n) is 16.5. The van der Waals surface area contributed by atoms with Crippen molar-refractivity contribution in [3.8, 4) is 11.5 Å². The maximum absolute atomic E-state index is 12.1. The lowest BCUT2D eigenvalue weighted by Crippen LogP contribution is -2.47. The molecule has 0 radical (unpaired) electrons. The maximum Gasteiger partial charge on any atom is 0.258 e. The largest absolute Gasteiger partial charge is 0.489 e. The van der Waals surface area contributed by atoms with E-state index in [9.17, 15) is 9.90 Å². The van der Waals surface area contributed by atoms with Crippen LogP contribution in [0.4, 0.5) is 0 Å². The monoisotopic (exact) mass is 544 g/mol. The number of aliphatic hydroxyl groups excluding tert-OH is 1. The molecule has 3 N–H and O–H groups in total. The van der Waals surface area contributed by atoms with E-state index in [0.29, 0.717) is 16.5 Å². The number of hydrogen-bond acceptors (Lipinski definition) is 5. The van der Waals surface area contributed by atoms with Crippen LogP contribution in [0.3, 0.4) is 0 Å². The standard InChI is InChI=1S/C22H26ClIN2O4/c23-15-1-9-19(10-2-15)29-13-21(27)25-17-5-7-18(8-6-17)26-22(28)14-30-20-11-3-16(24)4-12-20/h1-4,9-12,17-18,21,25,27H,5-8,13-14H2,(H,26,28). The van der Waals surface area contributed by atoms with Gasteiger partial charge >= 0.3 is 0 Å². The molecule has 1 unspecified atom stereocenters. The second-order valence-corrected chi connectivity index (χ2v) is 8.99. The van der Waals surface area contributed by atoms with Crippen molar-refractivity contribution in [2.24, 2.45) is 0 Å². The lowest BCUT2D eigenvalue weighted by Gasteiger charge is -2.31. The Balaban J connectivity index is 1.30. The van der Waals surface area contributed by atoms with Gasteiger partial charge in [0.05, 0.1) is 0 Å². The molecule has 3 rings (SSSR count). The highest BCUT2D eigenvalue weighted by Gasteiger charge is 2.24. The number of hydrogen-bond donors (Lipinski definition) is 3. The topological polar surface area (TPSA) is 79.8 Å². The Morgan fingerprint density at radius 3 is 2.23 bits per heavy atom. The summed E-state index contributed by atoms with van der Waals surface area (Å²) in [7, 11) is 0. The molecular formula is C22H26ClIN2O4. The van der Waals surface area contributed by atoms with Crippen LogP contribution in [0.5, 0.6) is 11.5 Å². The smallest absolute Gasteiger partial charge is 0.258 e. The zero-order valence-corrected chi connectivity index (χ0v) is 19.4.